The Morgan fingerprint density at radius 2 is 1.96 bits per heavy atom. The highest BCUT2D eigenvalue weighted by molar-refractivity contribution is 8.01. The quantitative estimate of drug-likeness (QED) is 0.603. The first-order chi connectivity index (χ1) is 11.6. The summed E-state index contributed by atoms with van der Waals surface area (Å²) in [4.78, 5) is 22.7. The molecule has 128 valence electrons. The first-order valence-electron chi connectivity index (χ1n) is 6.95. The van der Waals surface area contributed by atoms with E-state index < -0.39 is 0 Å². The molecule has 0 aliphatic carbocycles. The first kappa shape index (κ1) is 18.0. The van der Waals surface area contributed by atoms with Crippen molar-refractivity contribution < 1.29 is 14.3 Å². The van der Waals surface area contributed by atoms with E-state index in [0.717, 1.165) is 11.4 Å². The minimum atomic E-state index is -0.241. The van der Waals surface area contributed by atoms with Gasteiger partial charge in [-0.3, -0.25) is 9.59 Å². The molecule has 0 saturated carbocycles. The van der Waals surface area contributed by atoms with Gasteiger partial charge in [0.1, 0.15) is 5.75 Å². The summed E-state index contributed by atoms with van der Waals surface area (Å²) in [6.07, 6.45) is 0. The van der Waals surface area contributed by atoms with E-state index in [-0.39, 0.29) is 24.1 Å². The van der Waals surface area contributed by atoms with E-state index in [2.05, 4.69) is 26.1 Å². The number of carbonyl (C=O) groups excluding carboxylic acids is 2. The maximum absolute atomic E-state index is 11.6. The lowest BCUT2D eigenvalue weighted by Crippen LogP contribution is -2.35. The second-order valence-electron chi connectivity index (χ2n) is 4.47. The van der Waals surface area contributed by atoms with E-state index in [0.29, 0.717) is 9.47 Å². The summed E-state index contributed by atoms with van der Waals surface area (Å²) in [5.41, 5.74) is 0.867. The summed E-state index contributed by atoms with van der Waals surface area (Å²) >= 11 is 2.61. The molecule has 0 bridgehead atoms. The van der Waals surface area contributed by atoms with Crippen LogP contribution < -0.4 is 20.7 Å². The third-order valence-electron chi connectivity index (χ3n) is 2.80. The zero-order valence-electron chi connectivity index (χ0n) is 13.2. The number of likely N-dealkylation sites (N-methyl/N-ethyl adjacent to an activating group) is 1. The standard InChI is InChI=1S/C14H17N5O3S2/c1-15-11(20)7-16-12(21)8-23-14-19-18-13(24-14)17-9-3-5-10(22-2)6-4-9/h3-6H,7-8H2,1-2H3,(H,15,20)(H,16,21)(H,17,18). The highest BCUT2D eigenvalue weighted by atomic mass is 32.2. The Labute approximate surface area is 147 Å². The Bertz CT molecular complexity index is 690. The number of aromatic nitrogens is 2. The molecular formula is C14H17N5O3S2. The minimum absolute atomic E-state index is 0.0315. The molecule has 2 amide bonds. The van der Waals surface area contributed by atoms with Gasteiger partial charge in [-0.05, 0) is 24.3 Å². The van der Waals surface area contributed by atoms with Gasteiger partial charge in [0.25, 0.3) is 0 Å². The molecule has 0 radical (unpaired) electrons. The Hall–Kier alpha value is -2.33. The second kappa shape index (κ2) is 9.08. The number of nitrogens with zero attached hydrogens (tertiary/aromatic N) is 2. The number of ether oxygens (including phenoxy) is 1. The monoisotopic (exact) mass is 367 g/mol. The van der Waals surface area contributed by atoms with Gasteiger partial charge in [0.2, 0.25) is 16.9 Å². The molecule has 24 heavy (non-hydrogen) atoms. The number of hydrogen-bond acceptors (Lipinski definition) is 8. The van der Waals surface area contributed by atoms with Crippen molar-refractivity contribution in [3.8, 4) is 5.75 Å². The SMILES string of the molecule is CNC(=O)CNC(=O)CSc1nnc(Nc2ccc(OC)cc2)s1. The Morgan fingerprint density at radius 3 is 2.62 bits per heavy atom. The third-order valence-corrected chi connectivity index (χ3v) is 4.77. The van der Waals surface area contributed by atoms with E-state index in [1.165, 1.54) is 30.1 Å². The lowest BCUT2D eigenvalue weighted by Gasteiger charge is -2.03. The fourth-order valence-corrected chi connectivity index (χ4v) is 3.16. The number of amides is 2. The van der Waals surface area contributed by atoms with Crippen molar-refractivity contribution in [2.24, 2.45) is 0 Å². The van der Waals surface area contributed by atoms with Crippen molar-refractivity contribution >= 4 is 45.7 Å². The molecule has 2 rings (SSSR count). The lowest BCUT2D eigenvalue weighted by atomic mass is 10.3. The predicted molar refractivity (Wildman–Crippen MR) is 94.0 cm³/mol. The third kappa shape index (κ3) is 5.70. The van der Waals surface area contributed by atoms with Crippen LogP contribution in [0.15, 0.2) is 28.6 Å². The number of rotatable bonds is 8. The smallest absolute Gasteiger partial charge is 0.239 e. The second-order valence-corrected chi connectivity index (χ2v) is 6.67. The minimum Gasteiger partial charge on any atom is -0.497 e. The molecule has 0 spiro atoms. The van der Waals surface area contributed by atoms with Crippen LogP contribution in [0.3, 0.4) is 0 Å². The summed E-state index contributed by atoms with van der Waals surface area (Å²) in [5, 5.41) is 16.8. The lowest BCUT2D eigenvalue weighted by molar-refractivity contribution is -0.124. The molecule has 0 atom stereocenters. The molecule has 2 aromatic rings. The van der Waals surface area contributed by atoms with Crippen LogP contribution in [0.4, 0.5) is 10.8 Å². The molecule has 0 aliphatic heterocycles. The van der Waals surface area contributed by atoms with E-state index >= 15 is 0 Å². The Balaban J connectivity index is 1.80. The maximum atomic E-state index is 11.6. The summed E-state index contributed by atoms with van der Waals surface area (Å²) < 4.78 is 5.77. The van der Waals surface area contributed by atoms with Gasteiger partial charge in [-0.15, -0.1) is 10.2 Å². The fraction of sp³-hybridized carbons (Fsp3) is 0.286. The number of benzene rings is 1. The normalized spacial score (nSPS) is 10.1. The molecule has 1 aromatic heterocycles. The van der Waals surface area contributed by atoms with Crippen LogP contribution in [0, 0.1) is 0 Å². The summed E-state index contributed by atoms with van der Waals surface area (Å²) in [6.45, 7) is -0.0315. The highest BCUT2D eigenvalue weighted by Gasteiger charge is 2.09. The molecule has 1 heterocycles. The van der Waals surface area contributed by atoms with E-state index in [4.69, 9.17) is 4.74 Å². The average molecular weight is 367 g/mol. The van der Waals surface area contributed by atoms with Crippen molar-refractivity contribution in [3.05, 3.63) is 24.3 Å². The topological polar surface area (TPSA) is 105 Å². The van der Waals surface area contributed by atoms with Crippen LogP contribution in [0.25, 0.3) is 0 Å². The number of carbonyl (C=O) groups is 2. The molecule has 1 aromatic carbocycles. The van der Waals surface area contributed by atoms with Gasteiger partial charge in [-0.1, -0.05) is 23.1 Å². The molecule has 3 N–H and O–H groups in total. The number of methoxy groups -OCH3 is 1. The van der Waals surface area contributed by atoms with Crippen molar-refractivity contribution in [1.29, 1.82) is 0 Å². The summed E-state index contributed by atoms with van der Waals surface area (Å²) in [5.74, 6) is 0.476. The molecule has 8 nitrogen and oxygen atoms in total. The van der Waals surface area contributed by atoms with E-state index in [9.17, 15) is 9.59 Å². The number of thioether (sulfide) groups is 1. The molecular weight excluding hydrogens is 350 g/mol. The van der Waals surface area contributed by atoms with Gasteiger partial charge in [-0.2, -0.15) is 0 Å². The zero-order chi connectivity index (χ0) is 17.4. The number of anilines is 2. The van der Waals surface area contributed by atoms with Gasteiger partial charge in [-0.25, -0.2) is 0 Å². The molecule has 10 heteroatoms. The van der Waals surface area contributed by atoms with Gasteiger partial charge in [0.15, 0.2) is 4.34 Å². The van der Waals surface area contributed by atoms with Crippen molar-refractivity contribution in [2.45, 2.75) is 4.34 Å². The summed E-state index contributed by atoms with van der Waals surface area (Å²) in [7, 11) is 3.13. The highest BCUT2D eigenvalue weighted by Crippen LogP contribution is 2.28. The van der Waals surface area contributed by atoms with Gasteiger partial charge in [0.05, 0.1) is 19.4 Å². The molecule has 0 fully saturated rings. The van der Waals surface area contributed by atoms with Gasteiger partial charge in [0, 0.05) is 12.7 Å². The Kier molecular flexibility index (Phi) is 6.82. The van der Waals surface area contributed by atoms with Crippen LogP contribution in [0.1, 0.15) is 0 Å². The van der Waals surface area contributed by atoms with Crippen LogP contribution >= 0.6 is 23.1 Å². The Morgan fingerprint density at radius 1 is 1.21 bits per heavy atom. The van der Waals surface area contributed by atoms with Crippen LogP contribution in [0.2, 0.25) is 0 Å². The van der Waals surface area contributed by atoms with Crippen LogP contribution in [-0.2, 0) is 9.59 Å². The molecule has 0 aliphatic rings. The van der Waals surface area contributed by atoms with E-state index in [1.807, 2.05) is 24.3 Å². The predicted octanol–water partition coefficient (Wildman–Crippen LogP) is 1.24. The largest absolute Gasteiger partial charge is 0.497 e. The molecule has 0 saturated heterocycles. The zero-order valence-corrected chi connectivity index (χ0v) is 14.8. The number of hydrogen-bond donors (Lipinski definition) is 3. The average Bonchev–Trinajstić information content (AvgIpc) is 3.05. The van der Waals surface area contributed by atoms with Crippen molar-refractivity contribution in [1.82, 2.24) is 20.8 Å². The van der Waals surface area contributed by atoms with Crippen molar-refractivity contribution in [3.63, 3.8) is 0 Å². The maximum Gasteiger partial charge on any atom is 0.239 e. The van der Waals surface area contributed by atoms with Crippen molar-refractivity contribution in [2.75, 3.05) is 31.8 Å². The van der Waals surface area contributed by atoms with Crippen LogP contribution in [-0.4, -0.2) is 48.5 Å². The first-order valence-corrected chi connectivity index (χ1v) is 8.75. The number of nitrogens with one attached hydrogen (secondary N) is 3. The van der Waals surface area contributed by atoms with E-state index in [1.54, 1.807) is 7.11 Å². The summed E-state index contributed by atoms with van der Waals surface area (Å²) in [6, 6.07) is 7.43. The fourth-order valence-electron chi connectivity index (χ4n) is 1.56. The van der Waals surface area contributed by atoms with Gasteiger partial charge >= 0.3 is 0 Å². The van der Waals surface area contributed by atoms with Gasteiger partial charge < -0.3 is 20.7 Å². The van der Waals surface area contributed by atoms with Crippen LogP contribution in [0.5, 0.6) is 5.75 Å². The molecule has 0 unspecified atom stereocenters.